The summed E-state index contributed by atoms with van der Waals surface area (Å²) in [5.41, 5.74) is 0.846. The zero-order valence-electron chi connectivity index (χ0n) is 10.2. The summed E-state index contributed by atoms with van der Waals surface area (Å²) >= 11 is 0. The lowest BCUT2D eigenvalue weighted by Gasteiger charge is -2.03. The third kappa shape index (κ3) is 3.09. The number of aromatic nitrogens is 1. The minimum atomic E-state index is -3.74. The monoisotopic (exact) mass is 296 g/mol. The number of nitriles is 1. The molecule has 0 amide bonds. The van der Waals surface area contributed by atoms with Crippen molar-refractivity contribution in [3.05, 3.63) is 30.5 Å². The Morgan fingerprint density at radius 1 is 1.26 bits per heavy atom. The van der Waals surface area contributed by atoms with Crippen LogP contribution in [0.5, 0.6) is 0 Å². The molecule has 0 aliphatic heterocycles. The van der Waals surface area contributed by atoms with Crippen molar-refractivity contribution in [2.24, 2.45) is 0 Å². The lowest BCUT2D eigenvalue weighted by molar-refractivity contribution is 0.607. The first-order chi connectivity index (χ1) is 9.04. The van der Waals surface area contributed by atoms with E-state index in [1.165, 1.54) is 0 Å². The quantitative estimate of drug-likeness (QED) is 0.628. The molecule has 0 spiro atoms. The van der Waals surface area contributed by atoms with Gasteiger partial charge in [-0.2, -0.15) is 5.26 Å². The minimum absolute atomic E-state index is 0.144. The van der Waals surface area contributed by atoms with Crippen molar-refractivity contribution in [2.75, 3.05) is 0 Å². The molecule has 1 aromatic heterocycles. The van der Waals surface area contributed by atoms with Gasteiger partial charge in [-0.15, -0.1) is 0 Å². The number of benzene rings is 1. The van der Waals surface area contributed by atoms with Gasteiger partial charge in [0.1, 0.15) is 4.90 Å². The Balaban J connectivity index is 2.37. The molecule has 0 saturated carbocycles. The first kappa shape index (κ1) is 13.9. The van der Waals surface area contributed by atoms with Crippen LogP contribution in [0.3, 0.4) is 0 Å². The first-order valence-corrected chi connectivity index (χ1v) is 8.24. The molecule has 2 rings (SSSR count). The molecule has 2 aromatic rings. The molecule has 6 heteroatoms. The second-order valence-corrected chi connectivity index (χ2v) is 6.79. The zero-order chi connectivity index (χ0) is 13.9. The molecule has 19 heavy (non-hydrogen) atoms. The molecule has 0 N–H and O–H groups in total. The molecule has 0 atom stereocenters. The number of hydrogen-bond donors (Lipinski definition) is 0. The van der Waals surface area contributed by atoms with Gasteiger partial charge in [0.2, 0.25) is 0 Å². The largest absolute Gasteiger partial charge is 0.346 e. The van der Waals surface area contributed by atoms with E-state index < -0.39 is 9.05 Å². The lowest BCUT2D eigenvalue weighted by atomic mass is 10.2. The number of halogens is 1. The van der Waals surface area contributed by atoms with Gasteiger partial charge >= 0.3 is 0 Å². The van der Waals surface area contributed by atoms with Gasteiger partial charge in [0, 0.05) is 40.7 Å². The number of hydrogen-bond acceptors (Lipinski definition) is 3. The van der Waals surface area contributed by atoms with Gasteiger partial charge < -0.3 is 4.57 Å². The Kier molecular flexibility index (Phi) is 4.13. The van der Waals surface area contributed by atoms with E-state index >= 15 is 0 Å². The van der Waals surface area contributed by atoms with E-state index in [4.69, 9.17) is 15.9 Å². The summed E-state index contributed by atoms with van der Waals surface area (Å²) in [7, 11) is 1.71. The van der Waals surface area contributed by atoms with E-state index in [9.17, 15) is 8.42 Å². The number of fused-ring (bicyclic) bond motifs is 1. The summed E-state index contributed by atoms with van der Waals surface area (Å²) < 4.78 is 25.0. The van der Waals surface area contributed by atoms with Crippen molar-refractivity contribution in [1.29, 1.82) is 5.26 Å². The van der Waals surface area contributed by atoms with Crippen LogP contribution in [-0.4, -0.2) is 13.0 Å². The summed E-state index contributed by atoms with van der Waals surface area (Å²) in [6.07, 6.45) is 3.71. The molecular weight excluding hydrogens is 284 g/mol. The molecule has 0 bridgehead atoms. The van der Waals surface area contributed by atoms with Gasteiger partial charge in [-0.25, -0.2) is 8.42 Å². The molecule has 1 aromatic carbocycles. The van der Waals surface area contributed by atoms with Crippen LogP contribution in [0.25, 0.3) is 10.9 Å². The highest BCUT2D eigenvalue weighted by atomic mass is 35.7. The third-order valence-electron chi connectivity index (χ3n) is 2.95. The maximum Gasteiger partial charge on any atom is 0.263 e. The highest BCUT2D eigenvalue weighted by Crippen LogP contribution is 2.28. The van der Waals surface area contributed by atoms with E-state index in [0.29, 0.717) is 18.4 Å². The van der Waals surface area contributed by atoms with E-state index in [1.54, 1.807) is 18.3 Å². The second-order valence-electron chi connectivity index (χ2n) is 4.26. The smallest absolute Gasteiger partial charge is 0.263 e. The highest BCUT2D eigenvalue weighted by Gasteiger charge is 2.18. The summed E-state index contributed by atoms with van der Waals surface area (Å²) in [6, 6.07) is 9.35. The van der Waals surface area contributed by atoms with Crippen molar-refractivity contribution in [3.8, 4) is 6.07 Å². The van der Waals surface area contributed by atoms with E-state index in [0.717, 1.165) is 18.4 Å². The molecule has 0 radical (unpaired) electrons. The molecular formula is C13H13ClN2O2S. The van der Waals surface area contributed by atoms with Crippen LogP contribution in [-0.2, 0) is 15.6 Å². The van der Waals surface area contributed by atoms with Crippen molar-refractivity contribution < 1.29 is 8.42 Å². The van der Waals surface area contributed by atoms with E-state index in [1.807, 2.05) is 16.7 Å². The average molecular weight is 297 g/mol. The molecule has 0 saturated heterocycles. The van der Waals surface area contributed by atoms with Gasteiger partial charge in [-0.3, -0.25) is 0 Å². The van der Waals surface area contributed by atoms with Crippen molar-refractivity contribution in [2.45, 2.75) is 30.7 Å². The topological polar surface area (TPSA) is 62.9 Å². The van der Waals surface area contributed by atoms with Crippen molar-refractivity contribution in [3.63, 3.8) is 0 Å². The zero-order valence-corrected chi connectivity index (χ0v) is 11.8. The first-order valence-electron chi connectivity index (χ1n) is 5.93. The molecule has 0 aliphatic rings. The summed E-state index contributed by atoms with van der Waals surface area (Å²) in [5.74, 6) is 0. The fraction of sp³-hybridized carbons (Fsp3) is 0.308. The van der Waals surface area contributed by atoms with Crippen LogP contribution >= 0.6 is 10.7 Å². The minimum Gasteiger partial charge on any atom is -0.346 e. The number of aryl methyl sites for hydroxylation is 1. The van der Waals surface area contributed by atoms with Gasteiger partial charge in [0.05, 0.1) is 6.07 Å². The number of unbranched alkanes of at least 4 members (excludes halogenated alkanes) is 2. The Hall–Kier alpha value is -1.51. The fourth-order valence-electron chi connectivity index (χ4n) is 2.08. The van der Waals surface area contributed by atoms with Crippen molar-refractivity contribution in [1.82, 2.24) is 4.57 Å². The molecule has 0 unspecified atom stereocenters. The standard InChI is InChI=1S/C13H13ClN2O2S/c14-19(17,18)13-10-16(9-5-1-4-8-15)12-7-3-2-6-11(12)13/h2-3,6-7,10H,1,4-5,9H2. The van der Waals surface area contributed by atoms with Crippen LogP contribution in [0, 0.1) is 11.3 Å². The summed E-state index contributed by atoms with van der Waals surface area (Å²) in [6.45, 7) is 0.675. The summed E-state index contributed by atoms with van der Waals surface area (Å²) in [4.78, 5) is 0.144. The Bertz CT molecular complexity index is 729. The van der Waals surface area contributed by atoms with Crippen LogP contribution in [0.4, 0.5) is 0 Å². The van der Waals surface area contributed by atoms with E-state index in [-0.39, 0.29) is 4.90 Å². The van der Waals surface area contributed by atoms with Gasteiger partial charge in [-0.1, -0.05) is 18.2 Å². The van der Waals surface area contributed by atoms with Gasteiger partial charge in [-0.05, 0) is 18.9 Å². The van der Waals surface area contributed by atoms with Crippen LogP contribution in [0.1, 0.15) is 19.3 Å². The SMILES string of the molecule is N#CCCCCn1cc(S(=O)(=O)Cl)c2ccccc21. The molecule has 1 heterocycles. The Labute approximate surface area is 116 Å². The molecule has 100 valence electrons. The van der Waals surface area contributed by atoms with Gasteiger partial charge in [0.25, 0.3) is 9.05 Å². The fourth-order valence-corrected chi connectivity index (χ4v) is 3.14. The molecule has 4 nitrogen and oxygen atoms in total. The predicted octanol–water partition coefficient (Wildman–Crippen LogP) is 3.26. The number of rotatable bonds is 5. The van der Waals surface area contributed by atoms with Gasteiger partial charge in [0.15, 0.2) is 0 Å². The van der Waals surface area contributed by atoms with Crippen LogP contribution < -0.4 is 0 Å². The second kappa shape index (κ2) is 5.64. The molecule has 0 aliphatic carbocycles. The highest BCUT2D eigenvalue weighted by molar-refractivity contribution is 8.14. The normalized spacial score (nSPS) is 11.6. The Morgan fingerprint density at radius 2 is 2.00 bits per heavy atom. The molecule has 0 fully saturated rings. The van der Waals surface area contributed by atoms with E-state index in [2.05, 4.69) is 6.07 Å². The Morgan fingerprint density at radius 3 is 2.68 bits per heavy atom. The maximum absolute atomic E-state index is 11.5. The third-order valence-corrected chi connectivity index (χ3v) is 4.30. The van der Waals surface area contributed by atoms with Crippen molar-refractivity contribution >= 4 is 30.6 Å². The summed E-state index contributed by atoms with van der Waals surface area (Å²) in [5, 5.41) is 9.13. The number of para-hydroxylation sites is 1. The maximum atomic E-state index is 11.5. The van der Waals surface area contributed by atoms with Crippen LogP contribution in [0.2, 0.25) is 0 Å². The number of nitrogens with zero attached hydrogens (tertiary/aromatic N) is 2. The lowest BCUT2D eigenvalue weighted by Crippen LogP contribution is -1.96. The average Bonchev–Trinajstić information content (AvgIpc) is 2.74. The predicted molar refractivity (Wildman–Crippen MR) is 74.4 cm³/mol. The van der Waals surface area contributed by atoms with Crippen LogP contribution in [0.15, 0.2) is 35.4 Å².